The number of aromatic nitrogens is 4. The van der Waals surface area contributed by atoms with Crippen LogP contribution in [0.4, 0.5) is 11.8 Å². The molecule has 1 fully saturated rings. The lowest BCUT2D eigenvalue weighted by Crippen LogP contribution is -2.48. The van der Waals surface area contributed by atoms with Crippen LogP contribution in [-0.2, 0) is 7.05 Å². The van der Waals surface area contributed by atoms with Gasteiger partial charge in [-0.3, -0.25) is 9.48 Å². The van der Waals surface area contributed by atoms with Crippen LogP contribution in [0.15, 0.2) is 18.5 Å². The van der Waals surface area contributed by atoms with Gasteiger partial charge in [0.15, 0.2) is 6.29 Å². The Morgan fingerprint density at radius 2 is 1.71 bits per heavy atom. The van der Waals surface area contributed by atoms with Crippen LogP contribution in [0.1, 0.15) is 16.1 Å². The Hall–Kier alpha value is -2.44. The van der Waals surface area contributed by atoms with Crippen molar-refractivity contribution in [1.82, 2.24) is 19.7 Å². The fourth-order valence-corrected chi connectivity index (χ4v) is 2.75. The van der Waals surface area contributed by atoms with Crippen molar-refractivity contribution in [3.8, 4) is 0 Å². The molecule has 21 heavy (non-hydrogen) atoms. The van der Waals surface area contributed by atoms with Gasteiger partial charge in [0.2, 0.25) is 5.95 Å². The molecule has 0 radical (unpaired) electrons. The normalized spacial score (nSPS) is 15.3. The topological polar surface area (TPSA) is 67.2 Å². The molecule has 0 bridgehead atoms. The average molecular weight is 286 g/mol. The van der Waals surface area contributed by atoms with Gasteiger partial charge in [0.1, 0.15) is 5.82 Å². The van der Waals surface area contributed by atoms with E-state index in [1.807, 2.05) is 20.0 Å². The molecule has 0 atom stereocenters. The number of hydrogen-bond donors (Lipinski definition) is 0. The van der Waals surface area contributed by atoms with E-state index in [1.54, 1.807) is 17.1 Å². The number of anilines is 2. The molecule has 0 aliphatic carbocycles. The molecule has 3 rings (SSSR count). The number of rotatable bonds is 3. The van der Waals surface area contributed by atoms with Crippen molar-refractivity contribution in [1.29, 1.82) is 0 Å². The minimum atomic E-state index is 0.682. The summed E-state index contributed by atoms with van der Waals surface area (Å²) in [6, 6.07) is 1.81. The van der Waals surface area contributed by atoms with Crippen LogP contribution in [0.5, 0.6) is 0 Å². The molecule has 0 amide bonds. The van der Waals surface area contributed by atoms with Gasteiger partial charge in [-0.15, -0.1) is 0 Å². The molecular formula is C14H18N6O. The zero-order valence-electron chi connectivity index (χ0n) is 12.2. The lowest BCUT2D eigenvalue weighted by Gasteiger charge is -2.36. The molecule has 1 saturated heterocycles. The van der Waals surface area contributed by atoms with E-state index in [4.69, 9.17) is 0 Å². The van der Waals surface area contributed by atoms with Gasteiger partial charge in [0, 0.05) is 45.6 Å². The van der Waals surface area contributed by atoms with Crippen molar-refractivity contribution in [2.45, 2.75) is 6.92 Å². The molecule has 0 spiro atoms. The number of hydrogen-bond acceptors (Lipinski definition) is 6. The minimum absolute atomic E-state index is 0.682. The van der Waals surface area contributed by atoms with Gasteiger partial charge in [0.25, 0.3) is 0 Å². The Morgan fingerprint density at radius 3 is 2.33 bits per heavy atom. The van der Waals surface area contributed by atoms with E-state index in [9.17, 15) is 4.79 Å². The molecular weight excluding hydrogens is 268 g/mol. The summed E-state index contributed by atoms with van der Waals surface area (Å²) in [5.74, 6) is 1.66. The largest absolute Gasteiger partial charge is 0.353 e. The first-order chi connectivity index (χ1) is 10.2. The standard InChI is InChI=1S/C14H18N6O/c1-11-12(10-21)13(18(2)17-11)19-6-8-20(9-7-19)14-15-4-3-5-16-14/h3-5,10H,6-9H2,1-2H3. The van der Waals surface area contributed by atoms with Gasteiger partial charge in [-0.1, -0.05) is 0 Å². The highest BCUT2D eigenvalue weighted by molar-refractivity contribution is 5.84. The van der Waals surface area contributed by atoms with Crippen molar-refractivity contribution >= 4 is 18.1 Å². The Morgan fingerprint density at radius 1 is 1.10 bits per heavy atom. The predicted molar refractivity (Wildman–Crippen MR) is 79.8 cm³/mol. The molecule has 0 saturated carbocycles. The predicted octanol–water partition coefficient (Wildman–Crippen LogP) is 0.658. The first kappa shape index (κ1) is 13.5. The third-order valence-corrected chi connectivity index (χ3v) is 3.77. The van der Waals surface area contributed by atoms with Crippen LogP contribution in [-0.4, -0.2) is 52.2 Å². The summed E-state index contributed by atoms with van der Waals surface area (Å²) in [7, 11) is 1.88. The lowest BCUT2D eigenvalue weighted by molar-refractivity contribution is 0.112. The van der Waals surface area contributed by atoms with E-state index in [0.29, 0.717) is 5.56 Å². The molecule has 1 aliphatic heterocycles. The summed E-state index contributed by atoms with van der Waals surface area (Å²) < 4.78 is 1.79. The van der Waals surface area contributed by atoms with Crippen molar-refractivity contribution < 1.29 is 4.79 Å². The maximum atomic E-state index is 11.3. The fraction of sp³-hybridized carbons (Fsp3) is 0.429. The molecule has 0 N–H and O–H groups in total. The SMILES string of the molecule is Cc1nn(C)c(N2CCN(c3ncccn3)CC2)c1C=O. The second-order valence-electron chi connectivity index (χ2n) is 5.09. The minimum Gasteiger partial charge on any atom is -0.353 e. The second-order valence-corrected chi connectivity index (χ2v) is 5.09. The summed E-state index contributed by atoms with van der Waals surface area (Å²) in [5.41, 5.74) is 1.46. The van der Waals surface area contributed by atoms with Crippen LogP contribution >= 0.6 is 0 Å². The van der Waals surface area contributed by atoms with Crippen molar-refractivity contribution in [3.63, 3.8) is 0 Å². The van der Waals surface area contributed by atoms with Gasteiger partial charge in [-0.05, 0) is 13.0 Å². The third-order valence-electron chi connectivity index (χ3n) is 3.77. The Bertz CT molecular complexity index is 630. The smallest absolute Gasteiger partial charge is 0.225 e. The summed E-state index contributed by atoms with van der Waals surface area (Å²) >= 11 is 0. The van der Waals surface area contributed by atoms with E-state index in [0.717, 1.165) is 49.9 Å². The first-order valence-corrected chi connectivity index (χ1v) is 6.96. The maximum Gasteiger partial charge on any atom is 0.225 e. The number of piperazine rings is 1. The quantitative estimate of drug-likeness (QED) is 0.772. The van der Waals surface area contributed by atoms with Crippen LogP contribution in [0.3, 0.4) is 0 Å². The first-order valence-electron chi connectivity index (χ1n) is 6.96. The van der Waals surface area contributed by atoms with Gasteiger partial charge < -0.3 is 9.80 Å². The van der Waals surface area contributed by atoms with E-state index in [2.05, 4.69) is 24.9 Å². The zero-order chi connectivity index (χ0) is 14.8. The Kier molecular flexibility index (Phi) is 3.55. The van der Waals surface area contributed by atoms with E-state index >= 15 is 0 Å². The highest BCUT2D eigenvalue weighted by Crippen LogP contribution is 2.23. The van der Waals surface area contributed by atoms with E-state index < -0.39 is 0 Å². The fourth-order valence-electron chi connectivity index (χ4n) is 2.75. The number of aryl methyl sites for hydroxylation is 2. The number of nitrogens with zero attached hydrogens (tertiary/aromatic N) is 6. The van der Waals surface area contributed by atoms with Crippen LogP contribution in [0.25, 0.3) is 0 Å². The molecule has 3 heterocycles. The molecule has 2 aromatic heterocycles. The summed E-state index contributed by atoms with van der Waals surface area (Å²) in [6.07, 6.45) is 4.40. The summed E-state index contributed by atoms with van der Waals surface area (Å²) in [5, 5.41) is 4.34. The van der Waals surface area contributed by atoms with Crippen LogP contribution in [0.2, 0.25) is 0 Å². The summed E-state index contributed by atoms with van der Waals surface area (Å²) in [6.45, 7) is 5.15. The average Bonchev–Trinajstić information content (AvgIpc) is 2.82. The van der Waals surface area contributed by atoms with Gasteiger partial charge in [-0.2, -0.15) is 5.10 Å². The highest BCUT2D eigenvalue weighted by Gasteiger charge is 2.24. The third kappa shape index (κ3) is 2.46. The number of carbonyl (C=O) groups excluding carboxylic acids is 1. The molecule has 110 valence electrons. The number of carbonyl (C=O) groups is 1. The molecule has 2 aromatic rings. The van der Waals surface area contributed by atoms with Crippen molar-refractivity contribution in [2.24, 2.45) is 7.05 Å². The Balaban J connectivity index is 1.76. The number of aldehydes is 1. The van der Waals surface area contributed by atoms with Crippen molar-refractivity contribution in [2.75, 3.05) is 36.0 Å². The maximum absolute atomic E-state index is 11.3. The molecule has 7 nitrogen and oxygen atoms in total. The zero-order valence-corrected chi connectivity index (χ0v) is 12.2. The highest BCUT2D eigenvalue weighted by atomic mass is 16.1. The van der Waals surface area contributed by atoms with Crippen LogP contribution < -0.4 is 9.80 Å². The van der Waals surface area contributed by atoms with Crippen molar-refractivity contribution in [3.05, 3.63) is 29.7 Å². The molecule has 0 aromatic carbocycles. The molecule has 7 heteroatoms. The van der Waals surface area contributed by atoms with Crippen LogP contribution in [0, 0.1) is 6.92 Å². The van der Waals surface area contributed by atoms with E-state index in [-0.39, 0.29) is 0 Å². The Labute approximate surface area is 123 Å². The molecule has 0 unspecified atom stereocenters. The van der Waals surface area contributed by atoms with Gasteiger partial charge >= 0.3 is 0 Å². The monoisotopic (exact) mass is 286 g/mol. The van der Waals surface area contributed by atoms with E-state index in [1.165, 1.54) is 0 Å². The van der Waals surface area contributed by atoms with Gasteiger partial charge in [0.05, 0.1) is 11.3 Å². The van der Waals surface area contributed by atoms with Gasteiger partial charge in [-0.25, -0.2) is 9.97 Å². The second kappa shape index (κ2) is 5.51. The lowest BCUT2D eigenvalue weighted by atomic mass is 10.2. The summed E-state index contributed by atoms with van der Waals surface area (Å²) in [4.78, 5) is 24.2. The molecule has 1 aliphatic rings.